The van der Waals surface area contributed by atoms with Crippen LogP contribution in [0.5, 0.6) is 0 Å². The smallest absolute Gasteiger partial charge is 0.224 e. The molecule has 0 radical (unpaired) electrons. The zero-order valence-electron chi connectivity index (χ0n) is 14.8. The van der Waals surface area contributed by atoms with E-state index in [1.807, 2.05) is 35.2 Å². The third-order valence-electron chi connectivity index (χ3n) is 5.25. The van der Waals surface area contributed by atoms with Crippen LogP contribution in [0.1, 0.15) is 34.8 Å². The first kappa shape index (κ1) is 17.1. The highest BCUT2D eigenvalue weighted by atomic mass is 35.5. The first-order valence-corrected chi connectivity index (χ1v) is 9.33. The van der Waals surface area contributed by atoms with Crippen LogP contribution in [-0.2, 0) is 11.2 Å². The van der Waals surface area contributed by atoms with Crippen molar-refractivity contribution in [1.82, 2.24) is 9.88 Å². The van der Waals surface area contributed by atoms with Crippen molar-refractivity contribution >= 4 is 28.4 Å². The average molecular weight is 368 g/mol. The zero-order chi connectivity index (χ0) is 18.3. The molecule has 4 nitrogen and oxygen atoms in total. The van der Waals surface area contributed by atoms with Crippen LogP contribution < -0.4 is 5.73 Å². The number of nitrogens with zero attached hydrogens (tertiary/aromatic N) is 1. The van der Waals surface area contributed by atoms with Gasteiger partial charge in [-0.1, -0.05) is 35.9 Å². The van der Waals surface area contributed by atoms with Crippen molar-refractivity contribution in [3.63, 3.8) is 0 Å². The van der Waals surface area contributed by atoms with Gasteiger partial charge in [0.25, 0.3) is 0 Å². The Morgan fingerprint density at radius 3 is 2.88 bits per heavy atom. The highest BCUT2D eigenvalue weighted by molar-refractivity contribution is 6.31. The summed E-state index contributed by atoms with van der Waals surface area (Å²) in [6, 6.07) is 14.1. The summed E-state index contributed by atoms with van der Waals surface area (Å²) in [5, 5.41) is 1.88. The Morgan fingerprint density at radius 2 is 2.12 bits per heavy atom. The topological polar surface area (TPSA) is 62.1 Å². The molecule has 1 atom stereocenters. The number of carbonyl (C=O) groups is 1. The van der Waals surface area contributed by atoms with Gasteiger partial charge in [0.05, 0.1) is 6.04 Å². The van der Waals surface area contributed by atoms with E-state index in [9.17, 15) is 4.79 Å². The normalized spacial score (nSPS) is 16.7. The third-order valence-corrected chi connectivity index (χ3v) is 5.49. The Bertz CT molecular complexity index is 979. The van der Waals surface area contributed by atoms with Gasteiger partial charge >= 0.3 is 0 Å². The Morgan fingerprint density at radius 1 is 1.31 bits per heavy atom. The minimum Gasteiger partial charge on any atom is -0.356 e. The van der Waals surface area contributed by atoms with E-state index in [2.05, 4.69) is 24.0 Å². The molecule has 2 aromatic carbocycles. The maximum Gasteiger partial charge on any atom is 0.224 e. The predicted molar refractivity (Wildman–Crippen MR) is 105 cm³/mol. The molecule has 2 heterocycles. The van der Waals surface area contributed by atoms with E-state index < -0.39 is 0 Å². The Hall–Kier alpha value is -2.30. The predicted octanol–water partition coefficient (Wildman–Crippen LogP) is 3.95. The number of H-pyrrole nitrogens is 1. The van der Waals surface area contributed by atoms with Crippen LogP contribution in [0.2, 0.25) is 5.02 Å². The molecular weight excluding hydrogens is 346 g/mol. The molecule has 134 valence electrons. The van der Waals surface area contributed by atoms with Crippen LogP contribution in [0.4, 0.5) is 0 Å². The van der Waals surface area contributed by atoms with E-state index in [4.69, 9.17) is 17.3 Å². The number of amides is 1. The standard InChI is InChI=1S/C21H22ClN3O/c1-13-4-2-3-5-15(13)21-20-16(9-11-25(21)19(26)8-10-23)17-12-14(22)6-7-18(17)24-20/h2-7,12,21,24H,8-11,23H2,1H3. The monoisotopic (exact) mass is 367 g/mol. The number of hydrogen-bond acceptors (Lipinski definition) is 2. The third kappa shape index (κ3) is 2.79. The Kier molecular flexibility index (Phi) is 4.47. The summed E-state index contributed by atoms with van der Waals surface area (Å²) in [5.41, 5.74) is 11.4. The molecule has 0 saturated heterocycles. The van der Waals surface area contributed by atoms with Crippen LogP contribution in [0.3, 0.4) is 0 Å². The lowest BCUT2D eigenvalue weighted by Crippen LogP contribution is -2.41. The summed E-state index contributed by atoms with van der Waals surface area (Å²) in [5.74, 6) is 0.100. The van der Waals surface area contributed by atoms with Crippen molar-refractivity contribution in [1.29, 1.82) is 0 Å². The van der Waals surface area contributed by atoms with E-state index in [-0.39, 0.29) is 11.9 Å². The molecule has 26 heavy (non-hydrogen) atoms. The molecule has 3 N–H and O–H groups in total. The number of halogens is 1. The molecule has 1 aromatic heterocycles. The fraction of sp³-hybridized carbons (Fsp3) is 0.286. The van der Waals surface area contributed by atoms with Crippen LogP contribution in [0, 0.1) is 6.92 Å². The number of aromatic nitrogens is 1. The van der Waals surface area contributed by atoms with Crippen molar-refractivity contribution < 1.29 is 4.79 Å². The second-order valence-corrected chi connectivity index (χ2v) is 7.28. The molecule has 0 aliphatic carbocycles. The molecule has 0 fully saturated rings. The molecule has 1 aliphatic heterocycles. The number of nitrogens with one attached hydrogen (secondary N) is 1. The molecular formula is C21H22ClN3O. The lowest BCUT2D eigenvalue weighted by atomic mass is 9.90. The number of aryl methyl sites for hydroxylation is 1. The van der Waals surface area contributed by atoms with Crippen molar-refractivity contribution in [3.8, 4) is 0 Å². The SMILES string of the molecule is Cc1ccccc1C1c2[nH]c3ccc(Cl)cc3c2CCN1C(=O)CCN. The largest absolute Gasteiger partial charge is 0.356 e. The number of nitrogens with two attached hydrogens (primary N) is 1. The Labute approximate surface area is 157 Å². The van der Waals surface area contributed by atoms with E-state index in [0.29, 0.717) is 19.5 Å². The van der Waals surface area contributed by atoms with Gasteiger partial charge in [0, 0.05) is 41.1 Å². The quantitative estimate of drug-likeness (QED) is 0.736. The van der Waals surface area contributed by atoms with Crippen LogP contribution in [0.15, 0.2) is 42.5 Å². The number of carbonyl (C=O) groups excluding carboxylic acids is 1. The second kappa shape index (κ2) is 6.78. The van der Waals surface area contributed by atoms with Crippen molar-refractivity contribution in [2.75, 3.05) is 13.1 Å². The van der Waals surface area contributed by atoms with E-state index in [1.165, 1.54) is 11.1 Å². The van der Waals surface area contributed by atoms with Gasteiger partial charge in [0.2, 0.25) is 5.91 Å². The van der Waals surface area contributed by atoms with E-state index in [1.54, 1.807) is 0 Å². The maximum atomic E-state index is 12.8. The minimum atomic E-state index is -0.120. The van der Waals surface area contributed by atoms with Crippen LogP contribution >= 0.6 is 11.6 Å². The van der Waals surface area contributed by atoms with Crippen LogP contribution in [0.25, 0.3) is 10.9 Å². The average Bonchev–Trinajstić information content (AvgIpc) is 2.99. The second-order valence-electron chi connectivity index (χ2n) is 6.84. The van der Waals surface area contributed by atoms with Crippen LogP contribution in [-0.4, -0.2) is 28.9 Å². The summed E-state index contributed by atoms with van der Waals surface area (Å²) in [4.78, 5) is 18.3. The highest BCUT2D eigenvalue weighted by Gasteiger charge is 2.34. The summed E-state index contributed by atoms with van der Waals surface area (Å²) in [7, 11) is 0. The molecule has 0 bridgehead atoms. The summed E-state index contributed by atoms with van der Waals surface area (Å²) >= 11 is 6.22. The highest BCUT2D eigenvalue weighted by Crippen LogP contribution is 2.40. The number of fused-ring (bicyclic) bond motifs is 3. The molecule has 1 unspecified atom stereocenters. The Balaban J connectivity index is 1.91. The van der Waals surface area contributed by atoms with Gasteiger partial charge < -0.3 is 15.6 Å². The first-order chi connectivity index (χ1) is 12.6. The van der Waals surface area contributed by atoms with Gasteiger partial charge in [-0.25, -0.2) is 0 Å². The minimum absolute atomic E-state index is 0.100. The number of benzene rings is 2. The molecule has 4 rings (SSSR count). The van der Waals surface area contributed by atoms with Crippen molar-refractivity contribution in [2.45, 2.75) is 25.8 Å². The molecule has 0 saturated carbocycles. The summed E-state index contributed by atoms with van der Waals surface area (Å²) < 4.78 is 0. The van der Waals surface area contributed by atoms with Gasteiger partial charge in [0.15, 0.2) is 0 Å². The zero-order valence-corrected chi connectivity index (χ0v) is 15.5. The first-order valence-electron chi connectivity index (χ1n) is 8.95. The van der Waals surface area contributed by atoms with Gasteiger partial charge in [-0.05, 0) is 48.2 Å². The van der Waals surface area contributed by atoms with E-state index in [0.717, 1.165) is 33.6 Å². The van der Waals surface area contributed by atoms with Gasteiger partial charge in [-0.3, -0.25) is 4.79 Å². The molecule has 1 amide bonds. The lowest BCUT2D eigenvalue weighted by Gasteiger charge is -2.37. The fourth-order valence-electron chi connectivity index (χ4n) is 4.01. The molecule has 1 aliphatic rings. The molecule has 0 spiro atoms. The number of rotatable bonds is 3. The number of aromatic amines is 1. The van der Waals surface area contributed by atoms with Gasteiger partial charge in [-0.2, -0.15) is 0 Å². The van der Waals surface area contributed by atoms with Crippen molar-refractivity contribution in [3.05, 3.63) is 69.9 Å². The lowest BCUT2D eigenvalue weighted by molar-refractivity contribution is -0.133. The van der Waals surface area contributed by atoms with Gasteiger partial charge in [0.1, 0.15) is 0 Å². The van der Waals surface area contributed by atoms with Crippen molar-refractivity contribution in [2.24, 2.45) is 5.73 Å². The number of hydrogen-bond donors (Lipinski definition) is 2. The summed E-state index contributed by atoms with van der Waals surface area (Å²) in [6.07, 6.45) is 1.18. The van der Waals surface area contributed by atoms with E-state index >= 15 is 0 Å². The summed E-state index contributed by atoms with van der Waals surface area (Å²) in [6.45, 7) is 3.14. The maximum absolute atomic E-state index is 12.8. The molecule has 3 aromatic rings. The molecule has 5 heteroatoms. The van der Waals surface area contributed by atoms with Gasteiger partial charge in [-0.15, -0.1) is 0 Å². The fourth-order valence-corrected chi connectivity index (χ4v) is 4.19.